The summed E-state index contributed by atoms with van der Waals surface area (Å²) in [6.07, 6.45) is 0. The third-order valence-corrected chi connectivity index (χ3v) is 5.29. The van der Waals surface area contributed by atoms with Gasteiger partial charge in [0.05, 0.1) is 13.2 Å². The Morgan fingerprint density at radius 3 is 2.70 bits per heavy atom. The number of amides is 1. The minimum atomic E-state index is -0.145. The van der Waals surface area contributed by atoms with Crippen LogP contribution in [0.15, 0.2) is 48.5 Å². The van der Waals surface area contributed by atoms with Gasteiger partial charge < -0.3 is 14.6 Å². The van der Waals surface area contributed by atoms with Crippen LogP contribution in [-0.2, 0) is 18.3 Å². The Morgan fingerprint density at radius 1 is 1.15 bits per heavy atom. The third-order valence-electron chi connectivity index (χ3n) is 4.96. The van der Waals surface area contributed by atoms with Crippen LogP contribution in [0.3, 0.4) is 0 Å². The van der Waals surface area contributed by atoms with Crippen molar-refractivity contribution in [1.82, 2.24) is 9.47 Å². The number of aromatic nitrogens is 1. The van der Waals surface area contributed by atoms with Gasteiger partial charge in [-0.25, -0.2) is 0 Å². The number of benzene rings is 2. The molecule has 1 aromatic heterocycles. The molecule has 0 radical (unpaired) electrons. The Bertz CT molecular complexity index is 977. The van der Waals surface area contributed by atoms with E-state index >= 15 is 0 Å². The lowest BCUT2D eigenvalue weighted by Gasteiger charge is -2.26. The summed E-state index contributed by atoms with van der Waals surface area (Å²) in [5, 5.41) is 4.54. The molecule has 0 unspecified atom stereocenters. The molecule has 2 heterocycles. The molecule has 4 rings (SSSR count). The molecule has 1 N–H and O–H groups in total. The lowest BCUT2D eigenvalue weighted by atomic mass is 10.1. The SMILES string of the molecule is Cn1c(C(=O)Nc2cccc(CN3CCOCC3)c2)cc2c(Cl)cccc21. The fraction of sp³-hybridized carbons (Fsp3) is 0.286. The van der Waals surface area contributed by atoms with Crippen molar-refractivity contribution in [3.05, 3.63) is 64.8 Å². The average Bonchev–Trinajstić information content (AvgIpc) is 3.01. The van der Waals surface area contributed by atoms with Crippen LogP contribution >= 0.6 is 11.6 Å². The summed E-state index contributed by atoms with van der Waals surface area (Å²) in [5.74, 6) is -0.145. The van der Waals surface area contributed by atoms with Crippen molar-refractivity contribution < 1.29 is 9.53 Å². The molecule has 6 heteroatoms. The van der Waals surface area contributed by atoms with E-state index in [0.29, 0.717) is 10.7 Å². The van der Waals surface area contributed by atoms with E-state index in [1.165, 1.54) is 5.56 Å². The molecule has 0 spiro atoms. The van der Waals surface area contributed by atoms with Gasteiger partial charge in [-0.05, 0) is 35.9 Å². The van der Waals surface area contributed by atoms with Crippen molar-refractivity contribution in [2.75, 3.05) is 31.6 Å². The summed E-state index contributed by atoms with van der Waals surface area (Å²) in [7, 11) is 1.88. The Hall–Kier alpha value is -2.34. The van der Waals surface area contributed by atoms with E-state index < -0.39 is 0 Å². The summed E-state index contributed by atoms with van der Waals surface area (Å²) >= 11 is 6.26. The van der Waals surface area contributed by atoms with Crippen molar-refractivity contribution in [1.29, 1.82) is 0 Å². The number of anilines is 1. The number of carbonyl (C=O) groups excluding carboxylic acids is 1. The van der Waals surface area contributed by atoms with Crippen LogP contribution in [-0.4, -0.2) is 41.7 Å². The first-order valence-corrected chi connectivity index (χ1v) is 9.44. The predicted molar refractivity (Wildman–Crippen MR) is 108 cm³/mol. The second kappa shape index (κ2) is 7.72. The average molecular weight is 384 g/mol. The van der Waals surface area contributed by atoms with Crippen molar-refractivity contribution in [3.63, 3.8) is 0 Å². The van der Waals surface area contributed by atoms with E-state index in [0.717, 1.165) is 49.4 Å². The van der Waals surface area contributed by atoms with Gasteiger partial charge in [-0.1, -0.05) is 29.8 Å². The van der Waals surface area contributed by atoms with E-state index in [1.54, 1.807) is 0 Å². The number of rotatable bonds is 4. The number of hydrogen-bond acceptors (Lipinski definition) is 3. The summed E-state index contributed by atoms with van der Waals surface area (Å²) in [6.45, 7) is 4.29. The standard InChI is InChI=1S/C21H22ClN3O2/c1-24-19-7-3-6-18(22)17(19)13-20(24)21(26)23-16-5-2-4-15(12-16)14-25-8-10-27-11-9-25/h2-7,12-13H,8-11,14H2,1H3,(H,23,26). The van der Waals surface area contributed by atoms with Crippen molar-refractivity contribution >= 4 is 34.1 Å². The Kier molecular flexibility index (Phi) is 5.16. The van der Waals surface area contributed by atoms with E-state index in [9.17, 15) is 4.79 Å². The molecule has 0 bridgehead atoms. The first kappa shape index (κ1) is 18.0. The third kappa shape index (κ3) is 3.86. The molecule has 2 aromatic carbocycles. The highest BCUT2D eigenvalue weighted by atomic mass is 35.5. The summed E-state index contributed by atoms with van der Waals surface area (Å²) in [4.78, 5) is 15.2. The second-order valence-corrected chi connectivity index (χ2v) is 7.21. The van der Waals surface area contributed by atoms with E-state index in [1.807, 2.05) is 54.1 Å². The molecule has 3 aromatic rings. The molecule has 0 aliphatic carbocycles. The number of aryl methyl sites for hydroxylation is 1. The molecule has 1 aliphatic heterocycles. The number of ether oxygens (including phenoxy) is 1. The highest BCUT2D eigenvalue weighted by Crippen LogP contribution is 2.26. The van der Waals surface area contributed by atoms with Gasteiger partial charge in [-0.15, -0.1) is 0 Å². The molecule has 1 fully saturated rings. The molecule has 27 heavy (non-hydrogen) atoms. The van der Waals surface area contributed by atoms with Gasteiger partial charge in [0.25, 0.3) is 5.91 Å². The number of nitrogens with one attached hydrogen (secondary N) is 1. The number of hydrogen-bond donors (Lipinski definition) is 1. The fourth-order valence-corrected chi connectivity index (χ4v) is 3.73. The number of halogens is 1. The van der Waals surface area contributed by atoms with Crippen LogP contribution in [0.1, 0.15) is 16.1 Å². The Morgan fingerprint density at radius 2 is 1.93 bits per heavy atom. The van der Waals surface area contributed by atoms with E-state index in [-0.39, 0.29) is 5.91 Å². The number of morpholine rings is 1. The Labute approximate surface area is 163 Å². The van der Waals surface area contributed by atoms with Crippen LogP contribution in [0.4, 0.5) is 5.69 Å². The Balaban J connectivity index is 1.52. The maximum Gasteiger partial charge on any atom is 0.272 e. The minimum Gasteiger partial charge on any atom is -0.379 e. The van der Waals surface area contributed by atoms with E-state index in [2.05, 4.69) is 16.3 Å². The maximum absolute atomic E-state index is 12.8. The van der Waals surface area contributed by atoms with Crippen molar-refractivity contribution in [3.8, 4) is 0 Å². The molecule has 0 atom stereocenters. The first-order chi connectivity index (χ1) is 13.1. The number of fused-ring (bicyclic) bond motifs is 1. The number of carbonyl (C=O) groups is 1. The molecule has 5 nitrogen and oxygen atoms in total. The van der Waals surface area contributed by atoms with Crippen LogP contribution < -0.4 is 5.32 Å². The minimum absolute atomic E-state index is 0.145. The largest absolute Gasteiger partial charge is 0.379 e. The molecular formula is C21H22ClN3O2. The molecule has 0 saturated carbocycles. The fourth-order valence-electron chi connectivity index (χ4n) is 3.50. The predicted octanol–water partition coefficient (Wildman–Crippen LogP) is 3.92. The van der Waals surface area contributed by atoms with Crippen LogP contribution in [0.2, 0.25) is 5.02 Å². The van der Waals surface area contributed by atoms with Crippen molar-refractivity contribution in [2.45, 2.75) is 6.54 Å². The summed E-state index contributed by atoms with van der Waals surface area (Å²) in [6, 6.07) is 15.5. The molecule has 1 saturated heterocycles. The zero-order valence-corrected chi connectivity index (χ0v) is 16.0. The van der Waals surface area contributed by atoms with Gasteiger partial charge in [-0.2, -0.15) is 0 Å². The van der Waals surface area contributed by atoms with Gasteiger partial charge in [0.15, 0.2) is 0 Å². The van der Waals surface area contributed by atoms with E-state index in [4.69, 9.17) is 16.3 Å². The molecule has 140 valence electrons. The topological polar surface area (TPSA) is 46.5 Å². The normalized spacial score (nSPS) is 15.2. The second-order valence-electron chi connectivity index (χ2n) is 6.80. The first-order valence-electron chi connectivity index (χ1n) is 9.06. The monoisotopic (exact) mass is 383 g/mol. The van der Waals surface area contributed by atoms with Crippen LogP contribution in [0.25, 0.3) is 10.9 Å². The molecule has 1 amide bonds. The summed E-state index contributed by atoms with van der Waals surface area (Å²) < 4.78 is 7.27. The van der Waals surface area contributed by atoms with Crippen molar-refractivity contribution in [2.24, 2.45) is 7.05 Å². The van der Waals surface area contributed by atoms with Gasteiger partial charge in [0.2, 0.25) is 0 Å². The quantitative estimate of drug-likeness (QED) is 0.742. The molecular weight excluding hydrogens is 362 g/mol. The van der Waals surface area contributed by atoms with Gasteiger partial charge in [0.1, 0.15) is 5.69 Å². The highest BCUT2D eigenvalue weighted by molar-refractivity contribution is 6.35. The summed E-state index contributed by atoms with van der Waals surface area (Å²) in [5.41, 5.74) is 3.49. The zero-order chi connectivity index (χ0) is 18.8. The molecule has 1 aliphatic rings. The van der Waals surface area contributed by atoms with Gasteiger partial charge >= 0.3 is 0 Å². The maximum atomic E-state index is 12.8. The van der Waals surface area contributed by atoms with Gasteiger partial charge in [0, 0.05) is 48.3 Å². The van der Waals surface area contributed by atoms with Crippen LogP contribution in [0.5, 0.6) is 0 Å². The smallest absolute Gasteiger partial charge is 0.272 e. The lowest BCUT2D eigenvalue weighted by Crippen LogP contribution is -2.35. The zero-order valence-electron chi connectivity index (χ0n) is 15.2. The van der Waals surface area contributed by atoms with Crippen LogP contribution in [0, 0.1) is 0 Å². The lowest BCUT2D eigenvalue weighted by molar-refractivity contribution is 0.0342. The number of nitrogens with zero attached hydrogens (tertiary/aromatic N) is 2. The van der Waals surface area contributed by atoms with Gasteiger partial charge in [-0.3, -0.25) is 9.69 Å². The highest BCUT2D eigenvalue weighted by Gasteiger charge is 2.16.